The second-order valence-electron chi connectivity index (χ2n) is 2.14. The second kappa shape index (κ2) is 2.46. The van der Waals surface area contributed by atoms with Crippen molar-refractivity contribution in [3.05, 3.63) is 22.4 Å². The molecule has 0 atom stereocenters. The average molecular weight is 203 g/mol. The fourth-order valence-electron chi connectivity index (χ4n) is 0.910. The molecule has 2 rings (SSSR count). The Bertz CT molecular complexity index is 447. The van der Waals surface area contributed by atoms with Crippen LogP contribution in [0.5, 0.6) is 0 Å². The Kier molecular flexibility index (Phi) is 1.55. The van der Waals surface area contributed by atoms with Crippen LogP contribution in [0.3, 0.4) is 0 Å². The molecule has 0 aliphatic rings. The smallest absolute Gasteiger partial charge is 0.353 e. The number of hydrogen-bond donors (Lipinski definition) is 1. The maximum atomic E-state index is 10.6. The average Bonchev–Trinajstić information content (AvgIpc) is 2.43. The second-order valence-corrected chi connectivity index (χ2v) is 3.37. The number of nitrogens with zero attached hydrogens (tertiary/aromatic N) is 2. The van der Waals surface area contributed by atoms with Gasteiger partial charge in [0, 0.05) is 11.6 Å². The summed E-state index contributed by atoms with van der Waals surface area (Å²) in [5.74, 6) is -0.977. The minimum absolute atomic E-state index is 0.189. The molecule has 12 heavy (non-hydrogen) atoms. The van der Waals surface area contributed by atoms with Crippen LogP contribution >= 0.6 is 22.9 Å². The van der Waals surface area contributed by atoms with E-state index in [0.29, 0.717) is 10.1 Å². The predicted molar refractivity (Wildman–Crippen MR) is 45.0 cm³/mol. The van der Waals surface area contributed by atoms with Gasteiger partial charge < -0.3 is 5.11 Å². The molecule has 0 aromatic carbocycles. The summed E-state index contributed by atoms with van der Waals surface area (Å²) in [6, 6.07) is 0. The van der Waals surface area contributed by atoms with Gasteiger partial charge in [0.2, 0.25) is 0 Å². The number of fused-ring (bicyclic) bond motifs is 1. The minimum Gasteiger partial charge on any atom is -0.477 e. The molecule has 0 aliphatic carbocycles. The van der Waals surface area contributed by atoms with Crippen LogP contribution in [-0.2, 0) is 0 Å². The molecule has 0 fully saturated rings. The molecule has 0 aliphatic heterocycles. The first kappa shape index (κ1) is 7.57. The Morgan fingerprint density at radius 3 is 3.17 bits per heavy atom. The standard InChI is InChI=1S/C6H3ClN2O2S/c7-4-1-9-3(5(10)11)2-12-6(9)8-4/h1-2H,(H,10,11). The molecule has 0 saturated heterocycles. The lowest BCUT2D eigenvalue weighted by Crippen LogP contribution is -1.99. The largest absolute Gasteiger partial charge is 0.477 e. The highest BCUT2D eigenvalue weighted by molar-refractivity contribution is 7.15. The zero-order chi connectivity index (χ0) is 8.72. The number of aromatic carboxylic acids is 1. The number of thiazole rings is 1. The van der Waals surface area contributed by atoms with E-state index in [-0.39, 0.29) is 5.69 Å². The van der Waals surface area contributed by atoms with Gasteiger partial charge in [-0.25, -0.2) is 9.78 Å². The third-order valence-electron chi connectivity index (χ3n) is 1.40. The zero-order valence-corrected chi connectivity index (χ0v) is 7.26. The van der Waals surface area contributed by atoms with E-state index in [1.165, 1.54) is 27.3 Å². The van der Waals surface area contributed by atoms with E-state index < -0.39 is 5.97 Å². The molecule has 0 bridgehead atoms. The Morgan fingerprint density at radius 1 is 1.75 bits per heavy atom. The molecule has 62 valence electrons. The third-order valence-corrected chi connectivity index (χ3v) is 2.42. The summed E-state index contributed by atoms with van der Waals surface area (Å²) < 4.78 is 1.45. The molecule has 4 nitrogen and oxygen atoms in total. The lowest BCUT2D eigenvalue weighted by atomic mass is 10.5. The maximum absolute atomic E-state index is 10.6. The molecule has 0 radical (unpaired) electrons. The number of halogens is 1. The molecule has 1 N–H and O–H groups in total. The Morgan fingerprint density at radius 2 is 2.50 bits per heavy atom. The maximum Gasteiger partial charge on any atom is 0.353 e. The van der Waals surface area contributed by atoms with Gasteiger partial charge in [0.15, 0.2) is 4.96 Å². The Balaban J connectivity index is 2.76. The van der Waals surface area contributed by atoms with Crippen LogP contribution in [0.1, 0.15) is 10.5 Å². The molecule has 2 aromatic heterocycles. The van der Waals surface area contributed by atoms with Gasteiger partial charge in [-0.3, -0.25) is 4.40 Å². The van der Waals surface area contributed by atoms with Crippen LogP contribution in [0.4, 0.5) is 0 Å². The highest BCUT2D eigenvalue weighted by atomic mass is 35.5. The van der Waals surface area contributed by atoms with Crippen molar-refractivity contribution in [1.82, 2.24) is 9.38 Å². The van der Waals surface area contributed by atoms with E-state index in [4.69, 9.17) is 16.7 Å². The van der Waals surface area contributed by atoms with Crippen LogP contribution in [0.15, 0.2) is 11.6 Å². The van der Waals surface area contributed by atoms with Crippen LogP contribution in [0.2, 0.25) is 5.15 Å². The first-order chi connectivity index (χ1) is 5.68. The quantitative estimate of drug-likeness (QED) is 0.767. The Hall–Kier alpha value is -1.07. The lowest BCUT2D eigenvalue weighted by Gasteiger charge is -1.87. The third kappa shape index (κ3) is 0.981. The van der Waals surface area contributed by atoms with Crippen LogP contribution in [0, 0.1) is 0 Å². The number of carboxylic acids is 1. The Labute approximate surface area is 76.0 Å². The topological polar surface area (TPSA) is 54.6 Å². The van der Waals surface area contributed by atoms with Gasteiger partial charge in [0.05, 0.1) is 0 Å². The summed E-state index contributed by atoms with van der Waals surface area (Å²) >= 11 is 6.83. The summed E-state index contributed by atoms with van der Waals surface area (Å²) in [6.45, 7) is 0. The first-order valence-corrected chi connectivity index (χ1v) is 4.29. The first-order valence-electron chi connectivity index (χ1n) is 3.04. The van der Waals surface area contributed by atoms with Crippen molar-refractivity contribution in [2.75, 3.05) is 0 Å². The van der Waals surface area contributed by atoms with E-state index in [0.717, 1.165) is 0 Å². The highest BCUT2D eigenvalue weighted by Gasteiger charge is 2.11. The number of hydrogen-bond acceptors (Lipinski definition) is 3. The lowest BCUT2D eigenvalue weighted by molar-refractivity contribution is 0.0689. The number of rotatable bonds is 1. The van der Waals surface area contributed by atoms with Crippen molar-refractivity contribution in [3.8, 4) is 0 Å². The molecule has 0 unspecified atom stereocenters. The van der Waals surface area contributed by atoms with Crippen molar-refractivity contribution in [2.45, 2.75) is 0 Å². The summed E-state index contributed by atoms with van der Waals surface area (Å²) in [6.07, 6.45) is 1.48. The van der Waals surface area contributed by atoms with Crippen molar-refractivity contribution in [2.24, 2.45) is 0 Å². The number of imidazole rings is 1. The predicted octanol–water partition coefficient (Wildman–Crippen LogP) is 1.75. The van der Waals surface area contributed by atoms with E-state index >= 15 is 0 Å². The summed E-state index contributed by atoms with van der Waals surface area (Å²) in [5, 5.41) is 10.5. The zero-order valence-electron chi connectivity index (χ0n) is 5.69. The van der Waals surface area contributed by atoms with Gasteiger partial charge in [-0.1, -0.05) is 11.6 Å². The van der Waals surface area contributed by atoms with Gasteiger partial charge in [0.1, 0.15) is 10.8 Å². The molecule has 0 spiro atoms. The van der Waals surface area contributed by atoms with Gasteiger partial charge >= 0.3 is 5.97 Å². The van der Waals surface area contributed by atoms with Gasteiger partial charge in [-0.15, -0.1) is 11.3 Å². The number of carbonyl (C=O) groups is 1. The molecule has 6 heteroatoms. The van der Waals surface area contributed by atoms with E-state index in [1.807, 2.05) is 0 Å². The van der Waals surface area contributed by atoms with Gasteiger partial charge in [-0.2, -0.15) is 0 Å². The van der Waals surface area contributed by atoms with E-state index in [1.54, 1.807) is 0 Å². The monoisotopic (exact) mass is 202 g/mol. The van der Waals surface area contributed by atoms with Crippen LogP contribution in [0.25, 0.3) is 4.96 Å². The fraction of sp³-hybridized carbons (Fsp3) is 0. The molecular weight excluding hydrogens is 200 g/mol. The highest BCUT2D eigenvalue weighted by Crippen LogP contribution is 2.18. The van der Waals surface area contributed by atoms with E-state index in [9.17, 15) is 4.79 Å². The van der Waals surface area contributed by atoms with Crippen molar-refractivity contribution in [3.63, 3.8) is 0 Å². The van der Waals surface area contributed by atoms with Crippen molar-refractivity contribution >= 4 is 33.9 Å². The van der Waals surface area contributed by atoms with Gasteiger partial charge in [0.25, 0.3) is 0 Å². The molecule has 0 saturated carbocycles. The van der Waals surface area contributed by atoms with Crippen molar-refractivity contribution < 1.29 is 9.90 Å². The van der Waals surface area contributed by atoms with Crippen LogP contribution in [-0.4, -0.2) is 20.5 Å². The molecule has 2 heterocycles. The molecule has 0 amide bonds. The normalized spacial score (nSPS) is 10.8. The fourth-order valence-corrected chi connectivity index (χ4v) is 1.99. The summed E-state index contributed by atoms with van der Waals surface area (Å²) in [7, 11) is 0. The number of carboxylic acid groups (broad SMARTS) is 1. The molecule has 2 aromatic rings. The number of aromatic nitrogens is 2. The SMILES string of the molecule is O=C(O)c1csc2nc(Cl)cn12. The van der Waals surface area contributed by atoms with Gasteiger partial charge in [-0.05, 0) is 0 Å². The summed E-state index contributed by atoms with van der Waals surface area (Å²) in [4.78, 5) is 15.1. The molecular formula is C6H3ClN2O2S. The van der Waals surface area contributed by atoms with E-state index in [2.05, 4.69) is 4.98 Å². The minimum atomic E-state index is -0.977. The van der Waals surface area contributed by atoms with Crippen LogP contribution < -0.4 is 0 Å². The summed E-state index contributed by atoms with van der Waals surface area (Å²) in [5.41, 5.74) is 0.189. The van der Waals surface area contributed by atoms with Crippen molar-refractivity contribution in [1.29, 1.82) is 0 Å².